The van der Waals surface area contributed by atoms with Crippen LogP contribution < -0.4 is 15.7 Å². The lowest BCUT2D eigenvalue weighted by Crippen LogP contribution is -2.67. The number of benzene rings is 3. The van der Waals surface area contributed by atoms with Crippen LogP contribution in [0.5, 0.6) is 0 Å². The maximum atomic E-state index is 12.9. The van der Waals surface area contributed by atoms with E-state index in [9.17, 15) is 9.90 Å². The van der Waals surface area contributed by atoms with Gasteiger partial charge >= 0.3 is 0 Å². The van der Waals surface area contributed by atoms with E-state index in [1.807, 2.05) is 42.5 Å². The molecule has 0 unspecified atom stereocenters. The van der Waals surface area contributed by atoms with Gasteiger partial charge in [-0.3, -0.25) is 4.79 Å². The van der Waals surface area contributed by atoms with E-state index >= 15 is 0 Å². The monoisotopic (exact) mass is 531 g/mol. The molecule has 0 aliphatic carbocycles. The number of rotatable bonds is 14. The van der Waals surface area contributed by atoms with Gasteiger partial charge < -0.3 is 14.8 Å². The first-order valence-electron chi connectivity index (χ1n) is 14.1. The Morgan fingerprint density at radius 2 is 1.32 bits per heavy atom. The molecule has 1 amide bonds. The molecule has 0 spiro atoms. The molecule has 38 heavy (non-hydrogen) atoms. The van der Waals surface area contributed by atoms with Crippen LogP contribution in [0.4, 0.5) is 0 Å². The molecular formula is C33H45NO3Si. The Labute approximate surface area is 230 Å². The lowest BCUT2D eigenvalue weighted by atomic mass is 10.0. The number of aliphatic hydroxyl groups excluding tert-OH is 1. The van der Waals surface area contributed by atoms with Gasteiger partial charge in [-0.15, -0.1) is 0 Å². The third-order valence-corrected chi connectivity index (χ3v) is 12.3. The molecule has 0 saturated heterocycles. The first-order chi connectivity index (χ1) is 18.3. The molecule has 0 aliphatic heterocycles. The van der Waals surface area contributed by atoms with Gasteiger partial charge in [-0.05, 0) is 27.4 Å². The highest BCUT2D eigenvalue weighted by molar-refractivity contribution is 6.99. The predicted octanol–water partition coefficient (Wildman–Crippen LogP) is 6.14. The van der Waals surface area contributed by atoms with E-state index in [2.05, 4.69) is 81.5 Å². The molecule has 0 fully saturated rings. The number of carbonyl (C=O) groups excluding carboxylic acids is 1. The van der Waals surface area contributed by atoms with E-state index in [0.717, 1.165) is 24.8 Å². The Balaban J connectivity index is 1.86. The second kappa shape index (κ2) is 14.4. The molecule has 2 atom stereocenters. The zero-order chi connectivity index (χ0) is 27.4. The summed E-state index contributed by atoms with van der Waals surface area (Å²) in [5.74, 6) is -0.0279. The summed E-state index contributed by atoms with van der Waals surface area (Å²) in [6, 6.07) is 30.0. The van der Waals surface area contributed by atoms with E-state index < -0.39 is 20.5 Å². The van der Waals surface area contributed by atoms with Gasteiger partial charge in [0.1, 0.15) is 6.10 Å². The van der Waals surface area contributed by atoms with Gasteiger partial charge in [0.05, 0.1) is 12.6 Å². The van der Waals surface area contributed by atoms with Gasteiger partial charge in [0.15, 0.2) is 0 Å². The quantitative estimate of drug-likeness (QED) is 0.194. The Morgan fingerprint density at radius 1 is 0.816 bits per heavy atom. The summed E-state index contributed by atoms with van der Waals surface area (Å²) in [5.41, 5.74) is 0.880. The number of unbranched alkanes of at least 4 members (excludes halogenated alkanes) is 4. The van der Waals surface area contributed by atoms with E-state index in [-0.39, 0.29) is 17.6 Å². The van der Waals surface area contributed by atoms with Gasteiger partial charge in [-0.1, -0.05) is 144 Å². The number of hydrogen-bond acceptors (Lipinski definition) is 3. The van der Waals surface area contributed by atoms with E-state index in [1.54, 1.807) is 0 Å². The van der Waals surface area contributed by atoms with E-state index in [1.165, 1.54) is 23.2 Å². The first-order valence-corrected chi connectivity index (χ1v) is 16.0. The van der Waals surface area contributed by atoms with Crippen molar-refractivity contribution in [1.29, 1.82) is 0 Å². The van der Waals surface area contributed by atoms with Gasteiger partial charge in [0, 0.05) is 6.42 Å². The van der Waals surface area contributed by atoms with Crippen LogP contribution in [-0.4, -0.2) is 32.0 Å². The van der Waals surface area contributed by atoms with Crippen LogP contribution >= 0.6 is 0 Å². The van der Waals surface area contributed by atoms with E-state index in [4.69, 9.17) is 4.43 Å². The third-order valence-electron chi connectivity index (χ3n) is 7.25. The summed E-state index contributed by atoms with van der Waals surface area (Å²) in [4.78, 5) is 12.9. The van der Waals surface area contributed by atoms with Crippen LogP contribution in [0.25, 0.3) is 0 Å². The molecule has 204 valence electrons. The van der Waals surface area contributed by atoms with Crippen molar-refractivity contribution in [2.75, 3.05) is 6.61 Å². The number of aliphatic hydroxyl groups is 1. The summed E-state index contributed by atoms with van der Waals surface area (Å²) in [6.45, 7) is 8.97. The minimum absolute atomic E-state index is 0.0279. The van der Waals surface area contributed by atoms with Crippen LogP contribution in [0.15, 0.2) is 91.0 Å². The van der Waals surface area contributed by atoms with Crippen molar-refractivity contribution in [3.05, 3.63) is 96.6 Å². The molecule has 0 aromatic heterocycles. The average Bonchev–Trinajstić information content (AvgIpc) is 2.93. The predicted molar refractivity (Wildman–Crippen MR) is 160 cm³/mol. The van der Waals surface area contributed by atoms with Crippen molar-refractivity contribution >= 4 is 24.6 Å². The summed E-state index contributed by atoms with van der Waals surface area (Å²) in [5, 5.41) is 16.8. The second-order valence-electron chi connectivity index (χ2n) is 11.2. The highest BCUT2D eigenvalue weighted by atomic mass is 28.4. The van der Waals surface area contributed by atoms with Crippen LogP contribution in [-0.2, 0) is 9.22 Å². The molecule has 5 heteroatoms. The molecule has 3 aromatic carbocycles. The minimum atomic E-state index is -2.81. The summed E-state index contributed by atoms with van der Waals surface area (Å²) in [7, 11) is -2.81. The molecule has 4 nitrogen and oxygen atoms in total. The van der Waals surface area contributed by atoms with Gasteiger partial charge in [0.25, 0.3) is 8.32 Å². The third kappa shape index (κ3) is 7.65. The largest absolute Gasteiger partial charge is 0.405 e. The zero-order valence-electron chi connectivity index (χ0n) is 23.5. The standard InChI is InChI=1S/C33H45NO3Si/c1-5-6-7-8-18-25-31(36)34-32(27-19-12-9-13-20-27)30(35)26-37-38(33(2,3)4,28-21-14-10-15-22-28)29-23-16-11-17-24-29/h9-17,19-24,30,32,35H,5-8,18,25-26H2,1-4H3,(H,34,36)/t30-,32+/m0/s1. The highest BCUT2D eigenvalue weighted by Gasteiger charge is 2.50. The van der Waals surface area contributed by atoms with Crippen LogP contribution in [0.2, 0.25) is 5.04 Å². The number of nitrogens with one attached hydrogen (secondary N) is 1. The Bertz CT molecular complexity index is 1040. The summed E-state index contributed by atoms with van der Waals surface area (Å²) in [6.07, 6.45) is 5.02. The molecule has 0 radical (unpaired) electrons. The zero-order valence-corrected chi connectivity index (χ0v) is 24.5. The second-order valence-corrected chi connectivity index (χ2v) is 15.5. The summed E-state index contributed by atoms with van der Waals surface area (Å²) < 4.78 is 6.98. The smallest absolute Gasteiger partial charge is 0.261 e. The fraction of sp³-hybridized carbons (Fsp3) is 0.424. The first kappa shape index (κ1) is 29.8. The van der Waals surface area contributed by atoms with Gasteiger partial charge in [-0.25, -0.2) is 0 Å². The van der Waals surface area contributed by atoms with Gasteiger partial charge in [-0.2, -0.15) is 0 Å². The lowest BCUT2D eigenvalue weighted by Gasteiger charge is -2.43. The maximum Gasteiger partial charge on any atom is 0.261 e. The van der Waals surface area contributed by atoms with Gasteiger partial charge in [0.2, 0.25) is 5.91 Å². The molecule has 2 N–H and O–H groups in total. The van der Waals surface area contributed by atoms with Crippen molar-refractivity contribution in [1.82, 2.24) is 5.32 Å². The molecule has 0 aliphatic rings. The number of amides is 1. The minimum Gasteiger partial charge on any atom is -0.405 e. The SMILES string of the molecule is CCCCCCCC(=O)N[C@H](c1ccccc1)[C@@H](O)CO[Si](c1ccccc1)(c1ccccc1)C(C)(C)C. The molecule has 3 rings (SSSR count). The van der Waals surface area contributed by atoms with Crippen molar-refractivity contribution in [2.45, 2.75) is 83.4 Å². The lowest BCUT2D eigenvalue weighted by molar-refractivity contribution is -0.123. The highest BCUT2D eigenvalue weighted by Crippen LogP contribution is 2.37. The molecular weight excluding hydrogens is 486 g/mol. The molecule has 0 saturated carbocycles. The van der Waals surface area contributed by atoms with Crippen LogP contribution in [0, 0.1) is 0 Å². The Kier molecular flexibility index (Phi) is 11.3. The molecule has 0 bridgehead atoms. The van der Waals surface area contributed by atoms with Crippen molar-refractivity contribution < 1.29 is 14.3 Å². The van der Waals surface area contributed by atoms with Crippen molar-refractivity contribution in [3.63, 3.8) is 0 Å². The fourth-order valence-electron chi connectivity index (χ4n) is 5.26. The Hall–Kier alpha value is -2.73. The normalized spacial score (nSPS) is 13.6. The fourth-order valence-corrected chi connectivity index (χ4v) is 9.84. The molecule has 0 heterocycles. The Morgan fingerprint density at radius 3 is 1.82 bits per heavy atom. The number of carbonyl (C=O) groups is 1. The van der Waals surface area contributed by atoms with Crippen molar-refractivity contribution in [3.8, 4) is 0 Å². The summed E-state index contributed by atoms with van der Waals surface area (Å²) >= 11 is 0. The molecule has 3 aromatic rings. The topological polar surface area (TPSA) is 58.6 Å². The van der Waals surface area contributed by atoms with Crippen LogP contribution in [0.1, 0.15) is 77.8 Å². The maximum absolute atomic E-state index is 12.9. The average molecular weight is 532 g/mol. The van der Waals surface area contributed by atoms with Crippen LogP contribution in [0.3, 0.4) is 0 Å². The number of hydrogen-bond donors (Lipinski definition) is 2. The van der Waals surface area contributed by atoms with E-state index in [0.29, 0.717) is 6.42 Å². The van der Waals surface area contributed by atoms with Crippen molar-refractivity contribution in [2.24, 2.45) is 0 Å².